The van der Waals surface area contributed by atoms with Crippen LogP contribution >= 0.6 is 0 Å². The minimum atomic E-state index is -0.818. The van der Waals surface area contributed by atoms with Crippen LogP contribution in [-0.2, 0) is 11.2 Å². The van der Waals surface area contributed by atoms with Crippen LogP contribution in [0.5, 0.6) is 0 Å². The number of aliphatic hydroxyl groups excluding tert-OH is 1. The van der Waals surface area contributed by atoms with Gasteiger partial charge in [0.25, 0.3) is 0 Å². The van der Waals surface area contributed by atoms with E-state index in [-0.39, 0.29) is 30.7 Å². The van der Waals surface area contributed by atoms with Gasteiger partial charge in [0, 0.05) is 17.3 Å². The van der Waals surface area contributed by atoms with Gasteiger partial charge in [-0.15, -0.1) is 0 Å². The molecule has 0 radical (unpaired) electrons. The minimum Gasteiger partial charge on any atom is -0.387 e. The normalized spacial score (nSPS) is 15.3. The summed E-state index contributed by atoms with van der Waals surface area (Å²) >= 11 is 0. The molecule has 3 rings (SSSR count). The summed E-state index contributed by atoms with van der Waals surface area (Å²) in [6.07, 6.45) is 1.39. The van der Waals surface area contributed by atoms with E-state index in [0.717, 1.165) is 29.8 Å². The van der Waals surface area contributed by atoms with Crippen molar-refractivity contribution in [1.82, 2.24) is 15.1 Å². The molecule has 5 nitrogen and oxygen atoms in total. The van der Waals surface area contributed by atoms with Crippen molar-refractivity contribution in [2.24, 2.45) is 0 Å². The lowest BCUT2D eigenvalue weighted by Crippen LogP contribution is -2.37. The van der Waals surface area contributed by atoms with Crippen molar-refractivity contribution >= 4 is 5.91 Å². The van der Waals surface area contributed by atoms with E-state index < -0.39 is 6.10 Å². The molecule has 1 aliphatic rings. The van der Waals surface area contributed by atoms with E-state index in [0.29, 0.717) is 5.56 Å². The summed E-state index contributed by atoms with van der Waals surface area (Å²) in [7, 11) is 0. The van der Waals surface area contributed by atoms with Crippen LogP contribution in [0.25, 0.3) is 0 Å². The van der Waals surface area contributed by atoms with Crippen molar-refractivity contribution in [3.05, 3.63) is 52.6 Å². The molecule has 1 aromatic carbocycles. The smallest absolute Gasteiger partial charge is 0.227 e. The molecule has 0 saturated heterocycles. The standard InChI is InChI=1S/C18H22FN3O2/c1-11-16(12(2)21-20-11)9-18(24)22(15-7-8-15)10-17(23)13-3-5-14(19)6-4-13/h3-6,15,17,23H,7-10H2,1-2H3,(H,20,21). The molecule has 1 atom stereocenters. The van der Waals surface area contributed by atoms with Gasteiger partial charge in [0.05, 0.1) is 24.8 Å². The first-order valence-corrected chi connectivity index (χ1v) is 8.19. The van der Waals surface area contributed by atoms with Gasteiger partial charge in [-0.05, 0) is 44.4 Å². The zero-order valence-electron chi connectivity index (χ0n) is 13.9. The second kappa shape index (κ2) is 6.73. The van der Waals surface area contributed by atoms with Gasteiger partial charge in [-0.1, -0.05) is 12.1 Å². The molecule has 6 heteroatoms. The number of hydrogen-bond donors (Lipinski definition) is 2. The monoisotopic (exact) mass is 331 g/mol. The van der Waals surface area contributed by atoms with Gasteiger partial charge in [-0.3, -0.25) is 9.89 Å². The van der Waals surface area contributed by atoms with Gasteiger partial charge in [0.15, 0.2) is 0 Å². The summed E-state index contributed by atoms with van der Waals surface area (Å²) in [4.78, 5) is 14.5. The maximum absolute atomic E-state index is 13.0. The second-order valence-corrected chi connectivity index (χ2v) is 6.43. The van der Waals surface area contributed by atoms with Crippen molar-refractivity contribution in [1.29, 1.82) is 0 Å². The highest BCUT2D eigenvalue weighted by Gasteiger charge is 2.34. The van der Waals surface area contributed by atoms with E-state index >= 15 is 0 Å². The number of halogens is 1. The van der Waals surface area contributed by atoms with Gasteiger partial charge < -0.3 is 10.0 Å². The lowest BCUT2D eigenvalue weighted by molar-refractivity contribution is -0.132. The van der Waals surface area contributed by atoms with Gasteiger partial charge in [0.2, 0.25) is 5.91 Å². The van der Waals surface area contributed by atoms with E-state index in [2.05, 4.69) is 10.2 Å². The molecule has 1 unspecified atom stereocenters. The van der Waals surface area contributed by atoms with Crippen LogP contribution in [0.2, 0.25) is 0 Å². The predicted molar refractivity (Wildman–Crippen MR) is 87.9 cm³/mol. The zero-order valence-corrected chi connectivity index (χ0v) is 13.9. The highest BCUT2D eigenvalue weighted by Crippen LogP contribution is 2.30. The Kier molecular flexibility index (Phi) is 4.66. The predicted octanol–water partition coefficient (Wildman–Crippen LogP) is 2.43. The first kappa shape index (κ1) is 16.6. The Morgan fingerprint density at radius 1 is 1.38 bits per heavy atom. The van der Waals surface area contributed by atoms with Gasteiger partial charge in [0.1, 0.15) is 5.82 Å². The number of hydrogen-bond acceptors (Lipinski definition) is 3. The Balaban J connectivity index is 1.70. The molecule has 1 aromatic heterocycles. The third-order valence-corrected chi connectivity index (χ3v) is 4.54. The van der Waals surface area contributed by atoms with Crippen molar-refractivity contribution in [2.45, 2.75) is 45.3 Å². The first-order valence-electron chi connectivity index (χ1n) is 8.19. The minimum absolute atomic E-state index is 0.00809. The molecule has 128 valence electrons. The lowest BCUT2D eigenvalue weighted by Gasteiger charge is -2.25. The summed E-state index contributed by atoms with van der Waals surface area (Å²) < 4.78 is 13.0. The van der Waals surface area contributed by atoms with E-state index in [1.807, 2.05) is 13.8 Å². The van der Waals surface area contributed by atoms with Crippen molar-refractivity contribution in [2.75, 3.05) is 6.54 Å². The van der Waals surface area contributed by atoms with Crippen LogP contribution < -0.4 is 0 Å². The number of nitrogens with zero attached hydrogens (tertiary/aromatic N) is 2. The molecule has 0 aliphatic heterocycles. The summed E-state index contributed by atoms with van der Waals surface area (Å²) in [6, 6.07) is 5.94. The number of carbonyl (C=O) groups excluding carboxylic acids is 1. The summed E-state index contributed by atoms with van der Waals surface area (Å²) in [5.74, 6) is -0.349. The van der Waals surface area contributed by atoms with Crippen molar-refractivity contribution in [3.63, 3.8) is 0 Å². The highest BCUT2D eigenvalue weighted by atomic mass is 19.1. The molecule has 24 heavy (non-hydrogen) atoms. The molecule has 1 saturated carbocycles. The molecule has 1 heterocycles. The number of aromatic amines is 1. The van der Waals surface area contributed by atoms with Crippen LogP contribution in [0.3, 0.4) is 0 Å². The fourth-order valence-corrected chi connectivity index (χ4v) is 2.90. The third kappa shape index (κ3) is 3.64. The van der Waals surface area contributed by atoms with Crippen LogP contribution in [-0.4, -0.2) is 38.7 Å². The van der Waals surface area contributed by atoms with E-state index in [1.165, 1.54) is 12.1 Å². The molecule has 1 fully saturated rings. The maximum Gasteiger partial charge on any atom is 0.227 e. The number of benzene rings is 1. The average Bonchev–Trinajstić information content (AvgIpc) is 3.35. The summed E-state index contributed by atoms with van der Waals surface area (Å²) in [6.45, 7) is 4.00. The van der Waals surface area contributed by atoms with Crippen LogP contribution in [0.4, 0.5) is 4.39 Å². The Morgan fingerprint density at radius 3 is 2.58 bits per heavy atom. The third-order valence-electron chi connectivity index (χ3n) is 4.54. The first-order chi connectivity index (χ1) is 11.5. The second-order valence-electron chi connectivity index (χ2n) is 6.43. The fourth-order valence-electron chi connectivity index (χ4n) is 2.90. The van der Waals surface area contributed by atoms with Crippen molar-refractivity contribution in [3.8, 4) is 0 Å². The molecule has 1 amide bonds. The fraction of sp³-hybridized carbons (Fsp3) is 0.444. The Labute approximate surface area is 140 Å². The Morgan fingerprint density at radius 2 is 2.04 bits per heavy atom. The largest absolute Gasteiger partial charge is 0.387 e. The molecule has 2 aromatic rings. The van der Waals surface area contributed by atoms with Gasteiger partial charge in [-0.25, -0.2) is 4.39 Å². The summed E-state index contributed by atoms with van der Waals surface area (Å²) in [5, 5.41) is 17.4. The topological polar surface area (TPSA) is 69.2 Å². The zero-order chi connectivity index (χ0) is 17.3. The average molecular weight is 331 g/mol. The highest BCUT2D eigenvalue weighted by molar-refractivity contribution is 5.80. The molecule has 1 aliphatic carbocycles. The van der Waals surface area contributed by atoms with Crippen LogP contribution in [0.1, 0.15) is 41.5 Å². The number of aryl methyl sites for hydroxylation is 2. The number of nitrogens with one attached hydrogen (secondary N) is 1. The van der Waals surface area contributed by atoms with Gasteiger partial charge >= 0.3 is 0 Å². The molecular formula is C18H22FN3O2. The summed E-state index contributed by atoms with van der Waals surface area (Å²) in [5.41, 5.74) is 3.26. The number of carbonyl (C=O) groups is 1. The SMILES string of the molecule is Cc1n[nH]c(C)c1CC(=O)N(CC(O)c1ccc(F)cc1)C1CC1. The number of H-pyrrole nitrogens is 1. The number of aliphatic hydroxyl groups is 1. The van der Waals surface area contributed by atoms with E-state index in [9.17, 15) is 14.3 Å². The van der Waals surface area contributed by atoms with E-state index in [1.54, 1.807) is 17.0 Å². The Bertz CT molecular complexity index is 703. The van der Waals surface area contributed by atoms with Crippen molar-refractivity contribution < 1.29 is 14.3 Å². The van der Waals surface area contributed by atoms with Gasteiger partial charge in [-0.2, -0.15) is 5.10 Å². The van der Waals surface area contributed by atoms with Crippen LogP contribution in [0, 0.1) is 19.7 Å². The number of rotatable bonds is 6. The quantitative estimate of drug-likeness (QED) is 0.854. The van der Waals surface area contributed by atoms with E-state index in [4.69, 9.17) is 0 Å². The molecule has 0 spiro atoms. The molecule has 2 N–H and O–H groups in total. The number of aromatic nitrogens is 2. The van der Waals surface area contributed by atoms with Crippen LogP contribution in [0.15, 0.2) is 24.3 Å². The molecule has 0 bridgehead atoms. The molecular weight excluding hydrogens is 309 g/mol. The lowest BCUT2D eigenvalue weighted by atomic mass is 10.1. The number of amides is 1. The Hall–Kier alpha value is -2.21. The maximum atomic E-state index is 13.0.